The summed E-state index contributed by atoms with van der Waals surface area (Å²) in [5, 5.41) is 0. The highest BCUT2D eigenvalue weighted by Crippen LogP contribution is 2.40. The summed E-state index contributed by atoms with van der Waals surface area (Å²) in [6, 6.07) is 6.45. The monoisotopic (exact) mass is 191 g/mol. The van der Waals surface area contributed by atoms with Gasteiger partial charge in [-0.25, -0.2) is 0 Å². The lowest BCUT2D eigenvalue weighted by Crippen LogP contribution is -2.12. The second-order valence-electron chi connectivity index (χ2n) is 4.09. The van der Waals surface area contributed by atoms with Crippen molar-refractivity contribution < 1.29 is 4.74 Å². The van der Waals surface area contributed by atoms with Gasteiger partial charge in [0, 0.05) is 6.04 Å². The van der Waals surface area contributed by atoms with E-state index in [0.29, 0.717) is 5.92 Å². The first-order chi connectivity index (χ1) is 6.72. The highest BCUT2D eigenvalue weighted by Gasteiger charge is 2.29. The molecule has 76 valence electrons. The second kappa shape index (κ2) is 3.62. The summed E-state index contributed by atoms with van der Waals surface area (Å²) in [5.41, 5.74) is 8.53. The van der Waals surface area contributed by atoms with Crippen LogP contribution in [-0.2, 0) is 0 Å². The van der Waals surface area contributed by atoms with Gasteiger partial charge in [0.15, 0.2) is 0 Å². The third-order valence-electron chi connectivity index (χ3n) is 2.93. The van der Waals surface area contributed by atoms with Gasteiger partial charge in [0.1, 0.15) is 5.75 Å². The van der Waals surface area contributed by atoms with Gasteiger partial charge in [0.25, 0.3) is 0 Å². The van der Waals surface area contributed by atoms with Crippen molar-refractivity contribution in [1.82, 2.24) is 0 Å². The van der Waals surface area contributed by atoms with E-state index in [-0.39, 0.29) is 6.04 Å². The maximum Gasteiger partial charge on any atom is 0.121 e. The van der Waals surface area contributed by atoms with Crippen LogP contribution in [0, 0.1) is 12.8 Å². The molecular formula is C12H17NO. The van der Waals surface area contributed by atoms with Crippen molar-refractivity contribution in [2.24, 2.45) is 11.7 Å². The zero-order valence-electron chi connectivity index (χ0n) is 8.79. The van der Waals surface area contributed by atoms with E-state index in [9.17, 15) is 0 Å². The zero-order valence-corrected chi connectivity index (χ0v) is 8.79. The van der Waals surface area contributed by atoms with Gasteiger partial charge < -0.3 is 10.5 Å². The fourth-order valence-electron chi connectivity index (χ4n) is 1.84. The first kappa shape index (κ1) is 9.53. The van der Waals surface area contributed by atoms with Crippen molar-refractivity contribution in [3.63, 3.8) is 0 Å². The molecule has 0 spiro atoms. The number of aryl methyl sites for hydroxylation is 1. The van der Waals surface area contributed by atoms with E-state index in [4.69, 9.17) is 10.5 Å². The van der Waals surface area contributed by atoms with Gasteiger partial charge in [-0.05, 0) is 42.9 Å². The number of hydrogen-bond donors (Lipinski definition) is 1. The minimum absolute atomic E-state index is 0.222. The van der Waals surface area contributed by atoms with E-state index in [1.165, 1.54) is 24.0 Å². The summed E-state index contributed by atoms with van der Waals surface area (Å²) < 4.78 is 5.21. The summed E-state index contributed by atoms with van der Waals surface area (Å²) in [6.45, 7) is 2.06. The molecule has 2 heteroatoms. The summed E-state index contributed by atoms with van der Waals surface area (Å²) >= 11 is 0. The van der Waals surface area contributed by atoms with Crippen LogP contribution < -0.4 is 10.5 Å². The van der Waals surface area contributed by atoms with Crippen molar-refractivity contribution in [3.8, 4) is 5.75 Å². The van der Waals surface area contributed by atoms with E-state index in [1.54, 1.807) is 7.11 Å². The van der Waals surface area contributed by atoms with Crippen LogP contribution in [0.3, 0.4) is 0 Å². The Morgan fingerprint density at radius 1 is 1.43 bits per heavy atom. The molecule has 1 aliphatic carbocycles. The molecule has 0 bridgehead atoms. The summed E-state index contributed by atoms with van der Waals surface area (Å²) in [4.78, 5) is 0. The highest BCUT2D eigenvalue weighted by atomic mass is 16.5. The molecule has 1 aliphatic rings. The molecule has 2 rings (SSSR count). The van der Waals surface area contributed by atoms with Crippen LogP contribution in [0.1, 0.15) is 30.0 Å². The summed E-state index contributed by atoms with van der Waals surface area (Å²) in [5.74, 6) is 1.65. The Labute approximate surface area is 85.1 Å². The Bertz CT molecular complexity index is 331. The van der Waals surface area contributed by atoms with E-state index in [1.807, 2.05) is 6.07 Å². The molecule has 2 N–H and O–H groups in total. The van der Waals surface area contributed by atoms with Crippen LogP contribution in [0.15, 0.2) is 18.2 Å². The molecule has 1 aromatic carbocycles. The fourth-order valence-corrected chi connectivity index (χ4v) is 1.84. The predicted octanol–water partition coefficient (Wildman–Crippen LogP) is 2.41. The van der Waals surface area contributed by atoms with Crippen molar-refractivity contribution in [2.75, 3.05) is 7.11 Å². The SMILES string of the molecule is COc1ccc([C@@H](N)C2CC2)cc1C. The van der Waals surface area contributed by atoms with E-state index in [2.05, 4.69) is 19.1 Å². The quantitative estimate of drug-likeness (QED) is 0.796. The van der Waals surface area contributed by atoms with Crippen molar-refractivity contribution in [2.45, 2.75) is 25.8 Å². The molecule has 0 amide bonds. The van der Waals surface area contributed by atoms with Crippen LogP contribution in [0.25, 0.3) is 0 Å². The molecule has 0 aliphatic heterocycles. The van der Waals surface area contributed by atoms with Gasteiger partial charge in [-0.15, -0.1) is 0 Å². The normalized spacial score (nSPS) is 17.9. The standard InChI is InChI=1S/C12H17NO/c1-8-7-10(5-6-11(8)14-2)12(13)9-3-4-9/h5-7,9,12H,3-4,13H2,1-2H3/t12-/m0/s1. The van der Waals surface area contributed by atoms with Crippen LogP contribution >= 0.6 is 0 Å². The number of methoxy groups -OCH3 is 1. The molecule has 0 radical (unpaired) electrons. The molecule has 1 fully saturated rings. The molecule has 14 heavy (non-hydrogen) atoms. The third-order valence-corrected chi connectivity index (χ3v) is 2.93. The predicted molar refractivity (Wildman–Crippen MR) is 57.4 cm³/mol. The fraction of sp³-hybridized carbons (Fsp3) is 0.500. The second-order valence-corrected chi connectivity index (χ2v) is 4.09. The molecule has 1 atom stereocenters. The van der Waals surface area contributed by atoms with Crippen LogP contribution in [0.2, 0.25) is 0 Å². The number of rotatable bonds is 3. The lowest BCUT2D eigenvalue weighted by Gasteiger charge is -2.13. The maximum atomic E-state index is 6.12. The Hall–Kier alpha value is -1.02. The largest absolute Gasteiger partial charge is 0.496 e. The average Bonchev–Trinajstić information content (AvgIpc) is 3.00. The van der Waals surface area contributed by atoms with Crippen LogP contribution in [0.4, 0.5) is 0 Å². The molecule has 0 unspecified atom stereocenters. The van der Waals surface area contributed by atoms with Crippen LogP contribution in [0.5, 0.6) is 5.75 Å². The zero-order chi connectivity index (χ0) is 10.1. The van der Waals surface area contributed by atoms with Crippen LogP contribution in [-0.4, -0.2) is 7.11 Å². The third kappa shape index (κ3) is 1.75. The van der Waals surface area contributed by atoms with Crippen molar-refractivity contribution in [3.05, 3.63) is 29.3 Å². The van der Waals surface area contributed by atoms with Gasteiger partial charge in [-0.1, -0.05) is 12.1 Å². The topological polar surface area (TPSA) is 35.2 Å². The Balaban J connectivity index is 2.22. The highest BCUT2D eigenvalue weighted by molar-refractivity contribution is 5.37. The maximum absolute atomic E-state index is 6.12. The lowest BCUT2D eigenvalue weighted by atomic mass is 10.0. The molecule has 0 saturated heterocycles. The van der Waals surface area contributed by atoms with Gasteiger partial charge in [0.2, 0.25) is 0 Å². The average molecular weight is 191 g/mol. The Morgan fingerprint density at radius 2 is 2.14 bits per heavy atom. The van der Waals surface area contributed by atoms with Gasteiger partial charge in [-0.3, -0.25) is 0 Å². The Kier molecular flexibility index (Phi) is 2.46. The number of ether oxygens (including phenoxy) is 1. The summed E-state index contributed by atoms with van der Waals surface area (Å²) in [6.07, 6.45) is 2.57. The first-order valence-electron chi connectivity index (χ1n) is 5.12. The van der Waals surface area contributed by atoms with Crippen molar-refractivity contribution >= 4 is 0 Å². The number of nitrogens with two attached hydrogens (primary N) is 1. The van der Waals surface area contributed by atoms with Crippen molar-refractivity contribution in [1.29, 1.82) is 0 Å². The minimum Gasteiger partial charge on any atom is -0.496 e. The Morgan fingerprint density at radius 3 is 2.64 bits per heavy atom. The van der Waals surface area contributed by atoms with Gasteiger partial charge >= 0.3 is 0 Å². The lowest BCUT2D eigenvalue weighted by molar-refractivity contribution is 0.411. The molecular weight excluding hydrogens is 174 g/mol. The number of benzene rings is 1. The molecule has 0 aromatic heterocycles. The minimum atomic E-state index is 0.222. The molecule has 2 nitrogen and oxygen atoms in total. The number of hydrogen-bond acceptors (Lipinski definition) is 2. The molecule has 1 aromatic rings. The smallest absolute Gasteiger partial charge is 0.121 e. The van der Waals surface area contributed by atoms with Gasteiger partial charge in [0.05, 0.1) is 7.11 Å². The summed E-state index contributed by atoms with van der Waals surface area (Å²) in [7, 11) is 1.70. The van der Waals surface area contributed by atoms with Gasteiger partial charge in [-0.2, -0.15) is 0 Å². The van der Waals surface area contributed by atoms with E-state index >= 15 is 0 Å². The first-order valence-corrected chi connectivity index (χ1v) is 5.12. The van der Waals surface area contributed by atoms with E-state index in [0.717, 1.165) is 5.75 Å². The molecule has 1 saturated carbocycles. The van der Waals surface area contributed by atoms with E-state index < -0.39 is 0 Å². The molecule has 0 heterocycles.